The second kappa shape index (κ2) is 7.18. The first-order valence-corrected chi connectivity index (χ1v) is 8.83. The Kier molecular flexibility index (Phi) is 6.21. The minimum Gasteiger partial charge on any atom is -0.444 e. The highest BCUT2D eigenvalue weighted by atomic mass is 32.1. The highest BCUT2D eigenvalue weighted by molar-refractivity contribution is 7.09. The number of aromatic nitrogens is 1. The zero-order valence-electron chi connectivity index (χ0n) is 15.7. The maximum atomic E-state index is 11.8. The summed E-state index contributed by atoms with van der Waals surface area (Å²) in [6.07, 6.45) is -0.395. The molecule has 0 saturated carbocycles. The number of nitrogens with one attached hydrogen (secondary N) is 2. The molecule has 0 aromatic carbocycles. The van der Waals surface area contributed by atoms with E-state index in [0.717, 1.165) is 10.7 Å². The zero-order valence-corrected chi connectivity index (χ0v) is 16.5. The molecule has 0 spiro atoms. The van der Waals surface area contributed by atoms with E-state index in [1.165, 1.54) is 0 Å². The normalized spacial score (nSPS) is 13.0. The summed E-state index contributed by atoms with van der Waals surface area (Å²) < 4.78 is 5.29. The van der Waals surface area contributed by atoms with E-state index in [1.807, 2.05) is 34.6 Å². The third-order valence-electron chi connectivity index (χ3n) is 2.91. The van der Waals surface area contributed by atoms with Gasteiger partial charge in [-0.3, -0.25) is 0 Å². The van der Waals surface area contributed by atoms with Crippen LogP contribution in [0.4, 0.5) is 4.79 Å². The van der Waals surface area contributed by atoms with Crippen LogP contribution in [-0.4, -0.2) is 28.8 Å². The van der Waals surface area contributed by atoms with E-state index in [-0.39, 0.29) is 5.41 Å². The van der Waals surface area contributed by atoms with Gasteiger partial charge in [0.1, 0.15) is 5.60 Å². The van der Waals surface area contributed by atoms with Crippen molar-refractivity contribution in [2.75, 3.05) is 6.54 Å². The Morgan fingerprint density at radius 3 is 2.26 bits per heavy atom. The molecule has 0 saturated heterocycles. The number of carbonyl (C=O) groups is 1. The number of nitrogens with zero attached hydrogens (tertiary/aromatic N) is 1. The Balaban J connectivity index is 2.44. The van der Waals surface area contributed by atoms with Crippen LogP contribution in [0.1, 0.15) is 66.1 Å². The van der Waals surface area contributed by atoms with Gasteiger partial charge >= 0.3 is 6.09 Å². The Morgan fingerprint density at radius 2 is 1.78 bits per heavy atom. The number of ether oxygens (including phenoxy) is 1. The van der Waals surface area contributed by atoms with Crippen LogP contribution < -0.4 is 10.6 Å². The fourth-order valence-corrected chi connectivity index (χ4v) is 2.77. The molecule has 0 aliphatic carbocycles. The molecule has 0 aliphatic heterocycles. The molecule has 23 heavy (non-hydrogen) atoms. The first-order chi connectivity index (χ1) is 10.3. The van der Waals surface area contributed by atoms with Gasteiger partial charge < -0.3 is 15.4 Å². The quantitative estimate of drug-likeness (QED) is 0.854. The summed E-state index contributed by atoms with van der Waals surface area (Å²) in [5.74, 6) is 0. The van der Waals surface area contributed by atoms with Crippen LogP contribution in [0, 0.1) is 0 Å². The Hall–Kier alpha value is -1.14. The van der Waals surface area contributed by atoms with Crippen molar-refractivity contribution in [2.45, 2.75) is 78.5 Å². The summed E-state index contributed by atoms with van der Waals surface area (Å²) >= 11 is 1.69. The lowest BCUT2D eigenvalue weighted by Gasteiger charge is -2.28. The van der Waals surface area contributed by atoms with Gasteiger partial charge in [-0.1, -0.05) is 20.8 Å². The van der Waals surface area contributed by atoms with Crippen LogP contribution in [0.15, 0.2) is 5.38 Å². The third-order valence-corrected chi connectivity index (χ3v) is 4.22. The van der Waals surface area contributed by atoms with E-state index in [9.17, 15) is 4.79 Å². The third kappa shape index (κ3) is 7.79. The van der Waals surface area contributed by atoms with Gasteiger partial charge in [-0.25, -0.2) is 9.78 Å². The molecule has 1 aromatic heterocycles. The maximum Gasteiger partial charge on any atom is 0.408 e. The van der Waals surface area contributed by atoms with Crippen LogP contribution in [-0.2, 0) is 16.7 Å². The molecular weight excluding hydrogens is 310 g/mol. The molecule has 0 aliphatic rings. The van der Waals surface area contributed by atoms with Gasteiger partial charge in [0, 0.05) is 23.9 Å². The predicted molar refractivity (Wildman–Crippen MR) is 96.0 cm³/mol. The smallest absolute Gasteiger partial charge is 0.408 e. The van der Waals surface area contributed by atoms with Gasteiger partial charge in [-0.2, -0.15) is 0 Å². The molecule has 6 heteroatoms. The lowest BCUT2D eigenvalue weighted by molar-refractivity contribution is 0.0472. The van der Waals surface area contributed by atoms with E-state index in [1.54, 1.807) is 11.3 Å². The van der Waals surface area contributed by atoms with E-state index in [0.29, 0.717) is 13.1 Å². The van der Waals surface area contributed by atoms with Gasteiger partial charge in [0.25, 0.3) is 0 Å². The number of thiazole rings is 1. The van der Waals surface area contributed by atoms with Crippen molar-refractivity contribution < 1.29 is 9.53 Å². The molecular formula is C17H31N3O2S. The van der Waals surface area contributed by atoms with Gasteiger partial charge in [-0.15, -0.1) is 11.3 Å². The molecule has 132 valence electrons. The summed E-state index contributed by atoms with van der Waals surface area (Å²) in [5.41, 5.74) is 0.233. The second-order valence-corrected chi connectivity index (χ2v) is 9.37. The van der Waals surface area contributed by atoms with Crippen molar-refractivity contribution in [3.05, 3.63) is 16.1 Å². The fourth-order valence-electron chi connectivity index (χ4n) is 1.86. The number of hydrogen-bond donors (Lipinski definition) is 2. The maximum absolute atomic E-state index is 11.8. The van der Waals surface area contributed by atoms with Gasteiger partial charge in [-0.05, 0) is 34.6 Å². The van der Waals surface area contributed by atoms with Gasteiger partial charge in [0.05, 0.1) is 16.2 Å². The van der Waals surface area contributed by atoms with E-state index in [4.69, 9.17) is 4.74 Å². The Bertz CT molecular complexity index is 525. The molecule has 1 heterocycles. The molecule has 0 fully saturated rings. The first-order valence-electron chi connectivity index (χ1n) is 7.95. The average molecular weight is 342 g/mol. The fraction of sp³-hybridized carbons (Fsp3) is 0.765. The summed E-state index contributed by atoms with van der Waals surface area (Å²) in [4.78, 5) is 16.5. The molecule has 5 nitrogen and oxygen atoms in total. The molecule has 1 aromatic rings. The molecule has 2 N–H and O–H groups in total. The summed E-state index contributed by atoms with van der Waals surface area (Å²) in [7, 11) is 0. The first kappa shape index (κ1) is 19.9. The SMILES string of the molecule is CC(C)(CNCc1csc(C(C)(C)C)n1)NC(=O)OC(C)(C)C. The summed E-state index contributed by atoms with van der Waals surface area (Å²) in [6, 6.07) is 0. The molecule has 1 rings (SSSR count). The number of carbonyl (C=O) groups excluding carboxylic acids is 1. The van der Waals surface area contributed by atoms with E-state index >= 15 is 0 Å². The summed E-state index contributed by atoms with van der Waals surface area (Å²) in [6.45, 7) is 17.3. The minimum absolute atomic E-state index is 0.0838. The van der Waals surface area contributed by atoms with E-state index in [2.05, 4.69) is 41.8 Å². The molecule has 0 bridgehead atoms. The second-order valence-electron chi connectivity index (χ2n) is 8.51. The van der Waals surface area contributed by atoms with Crippen molar-refractivity contribution in [1.82, 2.24) is 15.6 Å². The lowest BCUT2D eigenvalue weighted by atomic mass is 9.98. The van der Waals surface area contributed by atoms with E-state index < -0.39 is 17.2 Å². The largest absolute Gasteiger partial charge is 0.444 e. The van der Waals surface area contributed by atoms with Crippen molar-refractivity contribution in [3.63, 3.8) is 0 Å². The number of amides is 1. The topological polar surface area (TPSA) is 63.2 Å². The Labute approximate surface area is 144 Å². The lowest BCUT2D eigenvalue weighted by Crippen LogP contribution is -2.51. The molecule has 0 radical (unpaired) electrons. The Morgan fingerprint density at radius 1 is 1.17 bits per heavy atom. The summed E-state index contributed by atoms with van der Waals surface area (Å²) in [5, 5.41) is 9.46. The van der Waals surface area contributed by atoms with Crippen molar-refractivity contribution >= 4 is 17.4 Å². The standard InChI is InChI=1S/C17H31N3O2S/c1-15(2,3)13-19-12(10-23-13)9-18-11-17(7,8)20-14(21)22-16(4,5)6/h10,18H,9,11H2,1-8H3,(H,20,21). The monoisotopic (exact) mass is 341 g/mol. The predicted octanol–water partition coefficient (Wildman–Crippen LogP) is 3.83. The van der Waals surface area contributed by atoms with Crippen molar-refractivity contribution in [2.24, 2.45) is 0 Å². The average Bonchev–Trinajstić information content (AvgIpc) is 2.72. The number of rotatable bonds is 5. The molecule has 0 unspecified atom stereocenters. The van der Waals surface area contributed by atoms with Crippen LogP contribution in [0.3, 0.4) is 0 Å². The number of hydrogen-bond acceptors (Lipinski definition) is 5. The highest BCUT2D eigenvalue weighted by Gasteiger charge is 2.24. The number of alkyl carbamates (subject to hydrolysis) is 1. The van der Waals surface area contributed by atoms with Crippen molar-refractivity contribution in [3.8, 4) is 0 Å². The van der Waals surface area contributed by atoms with Crippen LogP contribution >= 0.6 is 11.3 Å². The minimum atomic E-state index is -0.489. The van der Waals surface area contributed by atoms with Crippen molar-refractivity contribution in [1.29, 1.82) is 0 Å². The van der Waals surface area contributed by atoms with Crippen LogP contribution in [0.25, 0.3) is 0 Å². The zero-order chi connectivity index (χ0) is 17.9. The molecule has 0 atom stereocenters. The highest BCUT2D eigenvalue weighted by Crippen LogP contribution is 2.25. The molecule has 1 amide bonds. The van der Waals surface area contributed by atoms with Gasteiger partial charge in [0.2, 0.25) is 0 Å². The van der Waals surface area contributed by atoms with Gasteiger partial charge in [0.15, 0.2) is 0 Å². The van der Waals surface area contributed by atoms with Crippen LogP contribution in [0.5, 0.6) is 0 Å². The van der Waals surface area contributed by atoms with Crippen LogP contribution in [0.2, 0.25) is 0 Å².